The molecule has 345 valence electrons. The van der Waals surface area contributed by atoms with Crippen LogP contribution in [-0.2, 0) is 26.5 Å². The standard InChI is InChI=1S/C45H27N2O.C19H26GeN.Ir/c1-3-11-29(12-4-1)33-20-23-39(37(27-33)30-13-5-2-6-14-30)47-40-24-19-32-16-8-10-18-36(32)44(40)46-45(47)34-22-25-41-38(28-34)43-35-17-9-7-15-31(35)21-26-42(43)48-41;1-19(2,3)13-16-12-18(15-10-8-7-9-11-15)21-14-17(16)20(4,5)6;/h1-21,23-28H;7-10,12,14H,13H2,1-6H3;/q2*-1;/i;13D2;. The number of pyridine rings is 1. The summed E-state index contributed by atoms with van der Waals surface area (Å²) in [5, 5.41) is 6.82. The molecule has 0 spiro atoms. The molecule has 0 saturated carbocycles. The van der Waals surface area contributed by atoms with E-state index in [1.807, 2.05) is 63.4 Å². The summed E-state index contributed by atoms with van der Waals surface area (Å²) in [6.45, 7) is 5.88. The molecule has 0 aliphatic carbocycles. The number of benzene rings is 9. The third-order valence-corrected chi connectivity index (χ3v) is 16.9. The minimum absolute atomic E-state index is 0. The second-order valence-electron chi connectivity index (χ2n) is 19.8. The van der Waals surface area contributed by atoms with Gasteiger partial charge in [0.25, 0.3) is 0 Å². The zero-order valence-corrected chi connectivity index (χ0v) is 44.6. The average molecular weight is 1150 g/mol. The van der Waals surface area contributed by atoms with Crippen molar-refractivity contribution in [2.75, 3.05) is 0 Å². The van der Waals surface area contributed by atoms with Crippen LogP contribution in [0.2, 0.25) is 17.3 Å². The van der Waals surface area contributed by atoms with Crippen molar-refractivity contribution in [1.82, 2.24) is 14.5 Å². The summed E-state index contributed by atoms with van der Waals surface area (Å²) in [5.74, 6) is 7.69. The zero-order valence-electron chi connectivity index (χ0n) is 42.1. The number of aromatic nitrogens is 3. The Hall–Kier alpha value is -6.89. The van der Waals surface area contributed by atoms with Gasteiger partial charge in [-0.05, 0) is 57.1 Å². The molecule has 0 saturated heterocycles. The summed E-state index contributed by atoms with van der Waals surface area (Å²) in [6.07, 6.45) is 0.502. The number of rotatable bonds is 7. The Morgan fingerprint density at radius 1 is 0.614 bits per heavy atom. The Balaban J connectivity index is 0.000000211. The van der Waals surface area contributed by atoms with Crippen LogP contribution in [0.1, 0.15) is 29.1 Å². The molecule has 0 atom stereocenters. The van der Waals surface area contributed by atoms with Gasteiger partial charge in [-0.2, -0.15) is 0 Å². The maximum Gasteiger partial charge on any atom is 0.121 e. The predicted molar refractivity (Wildman–Crippen MR) is 293 cm³/mol. The van der Waals surface area contributed by atoms with Crippen LogP contribution < -0.4 is 4.40 Å². The van der Waals surface area contributed by atoms with Crippen LogP contribution >= 0.6 is 0 Å². The Bertz CT molecular complexity index is 3930. The van der Waals surface area contributed by atoms with Gasteiger partial charge in [0.15, 0.2) is 0 Å². The molecule has 12 rings (SSSR count). The number of fused-ring (bicyclic) bond motifs is 8. The summed E-state index contributed by atoms with van der Waals surface area (Å²) in [5.41, 5.74) is 12.3. The molecule has 0 fully saturated rings. The van der Waals surface area contributed by atoms with Gasteiger partial charge in [0, 0.05) is 42.1 Å². The fourth-order valence-electron chi connectivity index (χ4n) is 9.51. The zero-order chi connectivity index (χ0) is 49.1. The molecule has 0 aliphatic heterocycles. The van der Waals surface area contributed by atoms with E-state index in [9.17, 15) is 0 Å². The van der Waals surface area contributed by atoms with E-state index in [4.69, 9.17) is 12.1 Å². The van der Waals surface area contributed by atoms with Crippen LogP contribution in [0.25, 0.3) is 105 Å². The normalized spacial score (nSPS) is 12.4. The predicted octanol–water partition coefficient (Wildman–Crippen LogP) is 16.7. The minimum Gasteiger partial charge on any atom is -0.500 e. The second-order valence-corrected chi connectivity index (χ2v) is 30.4. The molecule has 12 aromatic rings. The molecule has 0 N–H and O–H groups in total. The van der Waals surface area contributed by atoms with Crippen molar-refractivity contribution < 1.29 is 27.3 Å². The van der Waals surface area contributed by atoms with E-state index in [0.717, 1.165) is 93.2 Å². The molecule has 0 amide bonds. The van der Waals surface area contributed by atoms with Gasteiger partial charge in [0.05, 0.1) is 22.4 Å². The molecule has 3 aromatic heterocycles. The largest absolute Gasteiger partial charge is 0.500 e. The second kappa shape index (κ2) is 19.1. The van der Waals surface area contributed by atoms with Crippen LogP contribution in [-0.4, -0.2) is 27.8 Å². The maximum absolute atomic E-state index is 8.76. The summed E-state index contributed by atoms with van der Waals surface area (Å²) >= 11 is -2.24. The Morgan fingerprint density at radius 3 is 2.00 bits per heavy atom. The third-order valence-electron chi connectivity index (χ3n) is 12.7. The molecule has 0 aliphatic rings. The van der Waals surface area contributed by atoms with Gasteiger partial charge < -0.3 is 8.98 Å². The number of furan rings is 1. The number of hydrogen-bond donors (Lipinski definition) is 0. The molecule has 4 nitrogen and oxygen atoms in total. The first-order valence-electron chi connectivity index (χ1n) is 24.6. The first kappa shape index (κ1) is 44.3. The summed E-state index contributed by atoms with van der Waals surface area (Å²) < 4.78 is 27.3. The molecule has 0 unspecified atom stereocenters. The van der Waals surface area contributed by atoms with Crippen LogP contribution in [0.4, 0.5) is 0 Å². The topological polar surface area (TPSA) is 43.9 Å². The van der Waals surface area contributed by atoms with E-state index in [2.05, 4.69) is 197 Å². The number of imidazole rings is 1. The van der Waals surface area contributed by atoms with Gasteiger partial charge in [-0.1, -0.05) is 133 Å². The first-order chi connectivity index (χ1) is 34.2. The molecule has 6 heteroatoms. The van der Waals surface area contributed by atoms with Gasteiger partial charge in [0.1, 0.15) is 5.58 Å². The van der Waals surface area contributed by atoms with Gasteiger partial charge in [0.2, 0.25) is 0 Å². The van der Waals surface area contributed by atoms with Gasteiger partial charge in [-0.3, -0.25) is 4.98 Å². The summed E-state index contributed by atoms with van der Waals surface area (Å²) in [7, 11) is 0. The van der Waals surface area contributed by atoms with Crippen molar-refractivity contribution in [3.05, 3.63) is 218 Å². The quantitative estimate of drug-likeness (QED) is 0.118. The molecule has 3 heterocycles. The van der Waals surface area contributed by atoms with Crippen molar-refractivity contribution in [2.45, 2.75) is 44.4 Å². The van der Waals surface area contributed by atoms with E-state index in [1.54, 1.807) is 0 Å². The fraction of sp³-hybridized carbons (Fsp3) is 0.125. The van der Waals surface area contributed by atoms with Crippen LogP contribution in [0.3, 0.4) is 0 Å². The van der Waals surface area contributed by atoms with Crippen LogP contribution in [0.5, 0.6) is 0 Å². The van der Waals surface area contributed by atoms with Gasteiger partial charge >= 0.3 is 135 Å². The molecular formula is C64H53GeIrN3O-2. The number of nitrogens with zero attached hydrogens (tertiary/aromatic N) is 3. The van der Waals surface area contributed by atoms with Crippen molar-refractivity contribution in [2.24, 2.45) is 5.41 Å². The molecule has 70 heavy (non-hydrogen) atoms. The molecule has 9 aromatic carbocycles. The smallest absolute Gasteiger partial charge is 0.121 e. The van der Waals surface area contributed by atoms with Crippen molar-refractivity contribution in [3.8, 4) is 50.6 Å². The minimum atomic E-state index is -2.24. The monoisotopic (exact) mass is 1150 g/mol. The Kier molecular flexibility index (Phi) is 12.1. The van der Waals surface area contributed by atoms with E-state index in [0.29, 0.717) is 0 Å². The first-order valence-corrected chi connectivity index (χ1v) is 31.0. The SMILES string of the molecule is [2H]C([2H])(c1cc(-c2[c-]cccc2)nc[c]1[Ge]([CH3])([CH3])[CH3])C(C)(C)C.[Ir].[c-]1cc2oc3ccc4ccccc4c3c2cc1-c1nc2c3ccccc3ccc2n1-c1ccc(-c2ccccc2)cc1-c1ccccc1. The van der Waals surface area contributed by atoms with E-state index in [1.165, 1.54) is 21.9 Å². The van der Waals surface area contributed by atoms with Crippen molar-refractivity contribution in [1.29, 1.82) is 0 Å². The van der Waals surface area contributed by atoms with Crippen LogP contribution in [0, 0.1) is 17.5 Å². The van der Waals surface area contributed by atoms with Gasteiger partial charge in [-0.25, -0.2) is 0 Å². The average Bonchev–Trinajstić information content (AvgIpc) is 3.98. The summed E-state index contributed by atoms with van der Waals surface area (Å²) in [4.78, 5) is 10.1. The maximum atomic E-state index is 8.76. The molecular weight excluding hydrogens is 1090 g/mol. The molecule has 1 radical (unpaired) electrons. The van der Waals surface area contributed by atoms with E-state index in [-0.39, 0.29) is 20.1 Å². The Labute approximate surface area is 429 Å². The number of hydrogen-bond acceptors (Lipinski definition) is 3. The van der Waals surface area contributed by atoms with Crippen LogP contribution in [0.15, 0.2) is 205 Å². The van der Waals surface area contributed by atoms with Crippen molar-refractivity contribution >= 4 is 72.2 Å². The summed E-state index contributed by atoms with van der Waals surface area (Å²) in [6, 6.07) is 74.1. The van der Waals surface area contributed by atoms with E-state index < -0.39 is 25.1 Å². The molecule has 0 bridgehead atoms. The van der Waals surface area contributed by atoms with Crippen molar-refractivity contribution in [3.63, 3.8) is 0 Å². The van der Waals surface area contributed by atoms with Gasteiger partial charge in [-0.15, -0.1) is 23.8 Å². The fourth-order valence-corrected chi connectivity index (χ4v) is 12.4. The van der Waals surface area contributed by atoms with E-state index >= 15 is 0 Å². The Morgan fingerprint density at radius 2 is 1.29 bits per heavy atom. The third kappa shape index (κ3) is 9.18.